The first-order chi connectivity index (χ1) is 13.2. The number of hydrogen-bond donors (Lipinski definition) is 2. The number of guanidine groups is 1. The lowest BCUT2D eigenvalue weighted by Gasteiger charge is -2.36. The smallest absolute Gasteiger partial charge is 0.191 e. The highest BCUT2D eigenvalue weighted by Gasteiger charge is 2.19. The minimum Gasteiger partial charge on any atom is -0.357 e. The van der Waals surface area contributed by atoms with Crippen molar-refractivity contribution < 1.29 is 8.42 Å². The van der Waals surface area contributed by atoms with Crippen LogP contribution < -0.4 is 10.6 Å². The summed E-state index contributed by atoms with van der Waals surface area (Å²) in [4.78, 5) is 9.91. The number of sulfone groups is 1. The zero-order valence-corrected chi connectivity index (χ0v) is 18.6. The Hall–Kier alpha value is -1.64. The summed E-state index contributed by atoms with van der Waals surface area (Å²) in [5, 5.41) is 6.72. The number of aliphatic imine (C=N–C) groups is 1. The molecule has 1 saturated heterocycles. The molecule has 1 fully saturated rings. The first-order valence-electron chi connectivity index (χ1n) is 9.95. The van der Waals surface area contributed by atoms with Crippen molar-refractivity contribution in [1.29, 1.82) is 0 Å². The van der Waals surface area contributed by atoms with Gasteiger partial charge in [0.25, 0.3) is 0 Å². The predicted molar refractivity (Wildman–Crippen MR) is 116 cm³/mol. The molecule has 2 rings (SSSR count). The maximum Gasteiger partial charge on any atom is 0.191 e. The maximum atomic E-state index is 11.8. The fourth-order valence-corrected chi connectivity index (χ4v) is 4.33. The molecule has 2 N–H and O–H groups in total. The summed E-state index contributed by atoms with van der Waals surface area (Å²) in [5.41, 5.74) is 1.76. The Bertz CT molecular complexity index is 771. The molecule has 8 heteroatoms. The molecular formula is C20H35N5O2S. The van der Waals surface area contributed by atoms with E-state index in [1.807, 2.05) is 26.0 Å². The van der Waals surface area contributed by atoms with Crippen LogP contribution >= 0.6 is 0 Å². The van der Waals surface area contributed by atoms with Crippen LogP contribution in [0.4, 0.5) is 0 Å². The number of nitrogens with zero attached hydrogens (tertiary/aromatic N) is 3. The molecule has 28 heavy (non-hydrogen) atoms. The molecule has 0 amide bonds. The quantitative estimate of drug-likeness (QED) is 0.519. The van der Waals surface area contributed by atoms with Gasteiger partial charge in [0.05, 0.1) is 11.4 Å². The number of nitrogens with one attached hydrogen (secondary N) is 2. The van der Waals surface area contributed by atoms with Gasteiger partial charge in [-0.15, -0.1) is 0 Å². The van der Waals surface area contributed by atoms with Crippen molar-refractivity contribution in [1.82, 2.24) is 20.4 Å². The van der Waals surface area contributed by atoms with Crippen LogP contribution in [-0.2, 0) is 16.4 Å². The summed E-state index contributed by atoms with van der Waals surface area (Å²) in [6, 6.07) is 5.85. The van der Waals surface area contributed by atoms with Crippen LogP contribution in [0, 0.1) is 6.92 Å². The molecule has 0 aliphatic carbocycles. The monoisotopic (exact) mass is 409 g/mol. The Labute approximate surface area is 170 Å². The molecule has 158 valence electrons. The normalized spacial score (nSPS) is 18.1. The highest BCUT2D eigenvalue weighted by molar-refractivity contribution is 7.90. The van der Waals surface area contributed by atoms with Gasteiger partial charge in [0.15, 0.2) is 15.8 Å². The molecule has 1 aliphatic rings. The van der Waals surface area contributed by atoms with Gasteiger partial charge in [0, 0.05) is 51.6 Å². The topological polar surface area (TPSA) is 77.0 Å². The molecule has 1 aromatic carbocycles. The van der Waals surface area contributed by atoms with Gasteiger partial charge < -0.3 is 15.5 Å². The Morgan fingerprint density at radius 3 is 2.46 bits per heavy atom. The third kappa shape index (κ3) is 6.76. The van der Waals surface area contributed by atoms with Crippen molar-refractivity contribution in [3.8, 4) is 0 Å². The highest BCUT2D eigenvalue weighted by Crippen LogP contribution is 2.17. The van der Waals surface area contributed by atoms with Crippen molar-refractivity contribution in [3.05, 3.63) is 29.3 Å². The summed E-state index contributed by atoms with van der Waals surface area (Å²) in [5.74, 6) is 0.785. The van der Waals surface area contributed by atoms with E-state index in [1.54, 1.807) is 6.07 Å². The lowest BCUT2D eigenvalue weighted by atomic mass is 10.1. The first kappa shape index (κ1) is 22.6. The summed E-state index contributed by atoms with van der Waals surface area (Å²) < 4.78 is 23.5. The number of rotatable bonds is 7. The number of hydrogen-bond acceptors (Lipinski definition) is 5. The number of benzene rings is 1. The molecule has 7 nitrogen and oxygen atoms in total. The van der Waals surface area contributed by atoms with Crippen LogP contribution in [0.15, 0.2) is 28.1 Å². The molecule has 0 spiro atoms. The zero-order chi connectivity index (χ0) is 20.7. The van der Waals surface area contributed by atoms with E-state index >= 15 is 0 Å². The standard InChI is InChI=1S/C20H35N5O2S/c1-6-21-20(22-14-17(3)25-11-9-24(4)10-12-25)23-15-18-7-8-19(16(2)13-18)28(5,26)27/h7-8,13,17H,6,9-12,14-15H2,1-5H3,(H2,21,22,23). The molecule has 0 radical (unpaired) electrons. The summed E-state index contributed by atoms with van der Waals surface area (Å²) in [6.07, 6.45) is 1.24. The van der Waals surface area contributed by atoms with Gasteiger partial charge in [-0.3, -0.25) is 4.90 Å². The first-order valence-corrected chi connectivity index (χ1v) is 11.8. The van der Waals surface area contributed by atoms with Crippen molar-refractivity contribution in [2.45, 2.75) is 38.3 Å². The van der Waals surface area contributed by atoms with E-state index in [0.717, 1.165) is 56.4 Å². The van der Waals surface area contributed by atoms with Gasteiger partial charge in [-0.05, 0) is 45.0 Å². The lowest BCUT2D eigenvalue weighted by molar-refractivity contribution is 0.120. The predicted octanol–water partition coefficient (Wildman–Crippen LogP) is 1.09. The minimum atomic E-state index is -3.19. The van der Waals surface area contributed by atoms with Crippen LogP contribution in [0.3, 0.4) is 0 Å². The molecule has 0 aromatic heterocycles. The summed E-state index contributed by atoms with van der Waals surface area (Å²) >= 11 is 0. The van der Waals surface area contributed by atoms with Gasteiger partial charge in [-0.1, -0.05) is 12.1 Å². The molecule has 0 saturated carbocycles. The SMILES string of the molecule is CCNC(=NCc1ccc(S(C)(=O)=O)c(C)c1)NCC(C)N1CCN(C)CC1. The van der Waals surface area contributed by atoms with Crippen LogP contribution in [0.5, 0.6) is 0 Å². The largest absolute Gasteiger partial charge is 0.357 e. The molecular weight excluding hydrogens is 374 g/mol. The Morgan fingerprint density at radius 2 is 1.89 bits per heavy atom. The average Bonchev–Trinajstić information content (AvgIpc) is 2.63. The zero-order valence-electron chi connectivity index (χ0n) is 17.8. The fourth-order valence-electron chi connectivity index (χ4n) is 3.37. The van der Waals surface area contributed by atoms with Crippen molar-refractivity contribution in [3.63, 3.8) is 0 Å². The van der Waals surface area contributed by atoms with Crippen molar-refractivity contribution in [2.24, 2.45) is 4.99 Å². The summed E-state index contributed by atoms with van der Waals surface area (Å²) in [6.45, 7) is 12.7. The van der Waals surface area contributed by atoms with Gasteiger partial charge in [0.2, 0.25) is 0 Å². The van der Waals surface area contributed by atoms with E-state index in [0.29, 0.717) is 17.5 Å². The van der Waals surface area contributed by atoms with E-state index in [2.05, 4.69) is 39.4 Å². The van der Waals surface area contributed by atoms with Crippen LogP contribution in [-0.4, -0.2) is 82.8 Å². The molecule has 1 aromatic rings. The minimum absolute atomic E-state index is 0.381. The maximum absolute atomic E-state index is 11.8. The van der Waals surface area contributed by atoms with Gasteiger partial charge in [-0.25, -0.2) is 13.4 Å². The number of aryl methyl sites for hydroxylation is 1. The Balaban J connectivity index is 1.95. The molecule has 1 aliphatic heterocycles. The average molecular weight is 410 g/mol. The Kier molecular flexibility index (Phi) is 8.27. The lowest BCUT2D eigenvalue weighted by Crippen LogP contribution is -2.52. The molecule has 1 heterocycles. The Morgan fingerprint density at radius 1 is 1.21 bits per heavy atom. The summed E-state index contributed by atoms with van der Waals surface area (Å²) in [7, 11) is -1.02. The van der Waals surface area contributed by atoms with Crippen molar-refractivity contribution in [2.75, 3.05) is 52.6 Å². The van der Waals surface area contributed by atoms with Crippen LogP contribution in [0.25, 0.3) is 0 Å². The third-order valence-corrected chi connectivity index (χ3v) is 6.39. The molecule has 0 bridgehead atoms. The van der Waals surface area contributed by atoms with Crippen LogP contribution in [0.2, 0.25) is 0 Å². The number of piperazine rings is 1. The van der Waals surface area contributed by atoms with Gasteiger partial charge in [-0.2, -0.15) is 0 Å². The molecule has 1 atom stereocenters. The van der Waals surface area contributed by atoms with Gasteiger partial charge >= 0.3 is 0 Å². The van der Waals surface area contributed by atoms with E-state index in [4.69, 9.17) is 0 Å². The fraction of sp³-hybridized carbons (Fsp3) is 0.650. The van der Waals surface area contributed by atoms with E-state index in [-0.39, 0.29) is 0 Å². The third-order valence-electron chi connectivity index (χ3n) is 5.13. The molecule has 1 unspecified atom stereocenters. The van der Waals surface area contributed by atoms with Gasteiger partial charge in [0.1, 0.15) is 0 Å². The van der Waals surface area contributed by atoms with E-state index in [9.17, 15) is 8.42 Å². The van der Waals surface area contributed by atoms with E-state index in [1.165, 1.54) is 6.26 Å². The second-order valence-corrected chi connectivity index (χ2v) is 9.62. The highest BCUT2D eigenvalue weighted by atomic mass is 32.2. The number of likely N-dealkylation sites (N-methyl/N-ethyl adjacent to an activating group) is 1. The van der Waals surface area contributed by atoms with Crippen LogP contribution in [0.1, 0.15) is 25.0 Å². The second-order valence-electron chi connectivity index (χ2n) is 7.64. The van der Waals surface area contributed by atoms with Crippen molar-refractivity contribution >= 4 is 15.8 Å². The second kappa shape index (κ2) is 10.2. The van der Waals surface area contributed by atoms with E-state index < -0.39 is 9.84 Å².